The van der Waals surface area contributed by atoms with Crippen molar-refractivity contribution >= 4 is 0 Å². The summed E-state index contributed by atoms with van der Waals surface area (Å²) < 4.78 is 0. The molecule has 94 valence electrons. The molecule has 0 amide bonds. The summed E-state index contributed by atoms with van der Waals surface area (Å²) in [5.74, 6) is 0. The van der Waals surface area contributed by atoms with Crippen LogP contribution in [0.25, 0.3) is 0 Å². The van der Waals surface area contributed by atoms with Crippen molar-refractivity contribution < 1.29 is 0 Å². The Labute approximate surface area is 111 Å². The van der Waals surface area contributed by atoms with Gasteiger partial charge < -0.3 is 0 Å². The predicted molar refractivity (Wildman–Crippen MR) is 79.1 cm³/mol. The Morgan fingerprint density at radius 1 is 0.833 bits per heavy atom. The molecule has 0 radical (unpaired) electrons. The van der Waals surface area contributed by atoms with Gasteiger partial charge in [0.05, 0.1) is 0 Å². The first-order valence-corrected chi connectivity index (χ1v) is 6.60. The number of rotatable bonds is 2. The lowest BCUT2D eigenvalue weighted by Gasteiger charge is -2.19. The van der Waals surface area contributed by atoms with E-state index < -0.39 is 0 Å². The van der Waals surface area contributed by atoms with E-state index in [2.05, 4.69) is 76.2 Å². The van der Waals surface area contributed by atoms with Crippen molar-refractivity contribution in [2.75, 3.05) is 0 Å². The van der Waals surface area contributed by atoms with E-state index in [-0.39, 0.29) is 5.41 Å². The van der Waals surface area contributed by atoms with Gasteiger partial charge in [-0.2, -0.15) is 0 Å². The van der Waals surface area contributed by atoms with E-state index in [1.54, 1.807) is 0 Å². The molecule has 0 N–H and O–H groups in total. The predicted octanol–water partition coefficient (Wildman–Crippen LogP) is 4.88. The van der Waals surface area contributed by atoms with Crippen LogP contribution in [-0.4, -0.2) is 0 Å². The highest BCUT2D eigenvalue weighted by Gasteiger charge is 2.12. The topological polar surface area (TPSA) is 0 Å². The van der Waals surface area contributed by atoms with Crippen LogP contribution in [0.2, 0.25) is 0 Å². The van der Waals surface area contributed by atoms with Crippen LogP contribution in [0.4, 0.5) is 0 Å². The monoisotopic (exact) mass is 238 g/mol. The number of benzene rings is 2. The van der Waals surface area contributed by atoms with E-state index in [1.165, 1.54) is 22.3 Å². The smallest absolute Gasteiger partial charge is 0.00257 e. The molecule has 0 unspecified atom stereocenters. The number of hydrogen-bond acceptors (Lipinski definition) is 0. The number of aryl methyl sites for hydroxylation is 1. The van der Waals surface area contributed by atoms with Crippen molar-refractivity contribution in [2.24, 2.45) is 0 Å². The van der Waals surface area contributed by atoms with Gasteiger partial charge in [-0.1, -0.05) is 74.9 Å². The summed E-state index contributed by atoms with van der Waals surface area (Å²) in [4.78, 5) is 0. The van der Waals surface area contributed by atoms with Crippen LogP contribution in [0.5, 0.6) is 0 Å². The molecule has 0 fully saturated rings. The lowest BCUT2D eigenvalue weighted by molar-refractivity contribution is 0.590. The van der Waals surface area contributed by atoms with Crippen LogP contribution >= 0.6 is 0 Å². The highest BCUT2D eigenvalue weighted by molar-refractivity contribution is 5.32. The second-order valence-electron chi connectivity index (χ2n) is 6.11. The molecule has 0 aromatic heterocycles. The average Bonchev–Trinajstić information content (AvgIpc) is 2.28. The Hall–Kier alpha value is -1.56. The summed E-state index contributed by atoms with van der Waals surface area (Å²) in [5, 5.41) is 0. The van der Waals surface area contributed by atoms with E-state index >= 15 is 0 Å². The maximum absolute atomic E-state index is 2.26. The van der Waals surface area contributed by atoms with Crippen molar-refractivity contribution in [3.05, 3.63) is 70.8 Å². The summed E-state index contributed by atoms with van der Waals surface area (Å²) in [6.45, 7) is 8.90. The summed E-state index contributed by atoms with van der Waals surface area (Å²) in [5.41, 5.74) is 5.74. The Morgan fingerprint density at radius 3 is 2.06 bits per heavy atom. The first-order chi connectivity index (χ1) is 8.45. The van der Waals surface area contributed by atoms with Gasteiger partial charge in [-0.15, -0.1) is 0 Å². The molecule has 2 aromatic carbocycles. The standard InChI is InChI=1S/C18H22/c1-14-6-5-7-16(12-14)13-15-8-10-17(11-9-15)18(2,3)4/h5-12H,13H2,1-4H3. The van der Waals surface area contributed by atoms with Crippen molar-refractivity contribution in [1.29, 1.82) is 0 Å². The largest absolute Gasteiger partial charge is 0.0617 e. The Balaban J connectivity index is 2.16. The van der Waals surface area contributed by atoms with Gasteiger partial charge in [0, 0.05) is 0 Å². The van der Waals surface area contributed by atoms with Crippen LogP contribution in [0.1, 0.15) is 43.0 Å². The van der Waals surface area contributed by atoms with Crippen molar-refractivity contribution in [3.63, 3.8) is 0 Å². The van der Waals surface area contributed by atoms with Gasteiger partial charge in [-0.05, 0) is 35.4 Å². The van der Waals surface area contributed by atoms with Gasteiger partial charge >= 0.3 is 0 Å². The molecule has 18 heavy (non-hydrogen) atoms. The second kappa shape index (κ2) is 4.97. The van der Waals surface area contributed by atoms with Gasteiger partial charge in [0.25, 0.3) is 0 Å². The van der Waals surface area contributed by atoms with Crippen LogP contribution in [0, 0.1) is 6.92 Å². The Kier molecular flexibility index (Phi) is 3.56. The zero-order valence-electron chi connectivity index (χ0n) is 11.8. The maximum Gasteiger partial charge on any atom is -0.00257 e. The molecule has 0 saturated carbocycles. The van der Waals surface area contributed by atoms with Crippen LogP contribution < -0.4 is 0 Å². The normalized spacial score (nSPS) is 11.6. The van der Waals surface area contributed by atoms with Crippen molar-refractivity contribution in [1.82, 2.24) is 0 Å². The molecule has 0 aliphatic rings. The van der Waals surface area contributed by atoms with E-state index in [9.17, 15) is 0 Å². The maximum atomic E-state index is 2.26. The number of hydrogen-bond donors (Lipinski definition) is 0. The third kappa shape index (κ3) is 3.22. The summed E-state index contributed by atoms with van der Waals surface area (Å²) in [6.07, 6.45) is 1.02. The summed E-state index contributed by atoms with van der Waals surface area (Å²) in [7, 11) is 0. The van der Waals surface area contributed by atoms with Gasteiger partial charge in [-0.25, -0.2) is 0 Å². The molecule has 0 bridgehead atoms. The summed E-state index contributed by atoms with van der Waals surface area (Å²) >= 11 is 0. The van der Waals surface area contributed by atoms with Gasteiger partial charge in [0.1, 0.15) is 0 Å². The van der Waals surface area contributed by atoms with Crippen molar-refractivity contribution in [3.8, 4) is 0 Å². The molecule has 0 heteroatoms. The fourth-order valence-corrected chi connectivity index (χ4v) is 2.18. The first-order valence-electron chi connectivity index (χ1n) is 6.60. The van der Waals surface area contributed by atoms with E-state index in [0.717, 1.165) is 6.42 Å². The van der Waals surface area contributed by atoms with Crippen LogP contribution in [-0.2, 0) is 11.8 Å². The van der Waals surface area contributed by atoms with Gasteiger partial charge in [0.15, 0.2) is 0 Å². The van der Waals surface area contributed by atoms with Crippen LogP contribution in [0.15, 0.2) is 48.5 Å². The molecule has 0 saturated heterocycles. The summed E-state index contributed by atoms with van der Waals surface area (Å²) in [6, 6.07) is 17.8. The fraction of sp³-hybridized carbons (Fsp3) is 0.333. The lowest BCUT2D eigenvalue weighted by atomic mass is 9.86. The molecular weight excluding hydrogens is 216 g/mol. The minimum Gasteiger partial charge on any atom is -0.0617 e. The molecule has 2 rings (SSSR count). The molecule has 0 spiro atoms. The second-order valence-corrected chi connectivity index (χ2v) is 6.11. The molecule has 2 aromatic rings. The van der Waals surface area contributed by atoms with Gasteiger partial charge in [0.2, 0.25) is 0 Å². The molecule has 0 aliphatic heterocycles. The highest BCUT2D eigenvalue weighted by Crippen LogP contribution is 2.22. The van der Waals surface area contributed by atoms with Crippen molar-refractivity contribution in [2.45, 2.75) is 39.5 Å². The quantitative estimate of drug-likeness (QED) is 0.699. The molecule has 0 aliphatic carbocycles. The third-order valence-electron chi connectivity index (χ3n) is 3.31. The zero-order chi connectivity index (χ0) is 13.2. The molecule has 0 heterocycles. The average molecular weight is 238 g/mol. The molecule has 0 atom stereocenters. The van der Waals surface area contributed by atoms with E-state index in [4.69, 9.17) is 0 Å². The van der Waals surface area contributed by atoms with Gasteiger partial charge in [-0.3, -0.25) is 0 Å². The minimum absolute atomic E-state index is 0.238. The fourth-order valence-electron chi connectivity index (χ4n) is 2.18. The SMILES string of the molecule is Cc1cccc(Cc2ccc(C(C)(C)C)cc2)c1. The Morgan fingerprint density at radius 2 is 1.50 bits per heavy atom. The zero-order valence-corrected chi connectivity index (χ0v) is 11.8. The Bertz CT molecular complexity index is 512. The van der Waals surface area contributed by atoms with E-state index in [1.807, 2.05) is 0 Å². The third-order valence-corrected chi connectivity index (χ3v) is 3.31. The first kappa shape index (κ1) is 12.9. The molecule has 0 nitrogen and oxygen atoms in total. The minimum atomic E-state index is 0.238. The van der Waals surface area contributed by atoms with E-state index in [0.29, 0.717) is 0 Å². The highest BCUT2D eigenvalue weighted by atomic mass is 14.2. The molecular formula is C18H22. The van der Waals surface area contributed by atoms with Crippen LogP contribution in [0.3, 0.4) is 0 Å². The lowest BCUT2D eigenvalue weighted by Crippen LogP contribution is -2.10.